The van der Waals surface area contributed by atoms with Gasteiger partial charge in [0.15, 0.2) is 0 Å². The summed E-state index contributed by atoms with van der Waals surface area (Å²) in [5.74, 6) is 0. The van der Waals surface area contributed by atoms with Gasteiger partial charge >= 0.3 is 0 Å². The molecule has 0 radical (unpaired) electrons. The summed E-state index contributed by atoms with van der Waals surface area (Å²) in [6.07, 6.45) is 8.14. The Morgan fingerprint density at radius 1 is 1.00 bits per heavy atom. The third-order valence-corrected chi connectivity index (χ3v) is 5.19. The van der Waals surface area contributed by atoms with Gasteiger partial charge in [-0.15, -0.1) is 0 Å². The zero-order valence-electron chi connectivity index (χ0n) is 17.9. The second-order valence-electron chi connectivity index (χ2n) is 7.32. The highest BCUT2D eigenvalue weighted by Gasteiger charge is 2.21. The lowest BCUT2D eigenvalue weighted by Gasteiger charge is -2.32. The van der Waals surface area contributed by atoms with E-state index in [1.54, 1.807) is 0 Å². The maximum absolute atomic E-state index is 4.61. The largest absolute Gasteiger partial charge is 0.405 e. The zero-order chi connectivity index (χ0) is 20.7. The smallest absolute Gasteiger partial charge is 0.0487 e. The highest BCUT2D eigenvalue weighted by atomic mass is 15.1. The van der Waals surface area contributed by atoms with Crippen molar-refractivity contribution in [2.45, 2.75) is 53.4 Å². The van der Waals surface area contributed by atoms with Gasteiger partial charge in [0.1, 0.15) is 0 Å². The van der Waals surface area contributed by atoms with E-state index in [4.69, 9.17) is 0 Å². The van der Waals surface area contributed by atoms with Crippen molar-refractivity contribution in [2.24, 2.45) is 5.73 Å². The van der Waals surface area contributed by atoms with E-state index in [1.807, 2.05) is 0 Å². The Morgan fingerprint density at radius 3 is 2.32 bits per heavy atom. The van der Waals surface area contributed by atoms with Crippen LogP contribution in [0.5, 0.6) is 0 Å². The lowest BCUT2D eigenvalue weighted by molar-refractivity contribution is 0.795. The van der Waals surface area contributed by atoms with Crippen LogP contribution in [0.3, 0.4) is 0 Å². The number of rotatable bonds is 5. The molecule has 2 aromatic rings. The van der Waals surface area contributed by atoms with Crippen LogP contribution in [0.1, 0.15) is 61.4 Å². The van der Waals surface area contributed by atoms with E-state index in [2.05, 4.69) is 94.1 Å². The van der Waals surface area contributed by atoms with Crippen molar-refractivity contribution in [1.82, 2.24) is 0 Å². The molecule has 0 aromatic heterocycles. The van der Waals surface area contributed by atoms with Gasteiger partial charge in [-0.05, 0) is 79.3 Å². The van der Waals surface area contributed by atoms with E-state index < -0.39 is 0 Å². The van der Waals surface area contributed by atoms with Gasteiger partial charge in [-0.2, -0.15) is 0 Å². The molecule has 0 bridgehead atoms. The molecule has 1 heterocycles. The molecule has 0 saturated carbocycles. The molecule has 3 rings (SSSR count). The molecule has 0 unspecified atom stereocenters. The molecule has 0 saturated heterocycles. The number of hydrogen-bond acceptors (Lipinski definition) is 2. The third-order valence-electron chi connectivity index (χ3n) is 5.19. The topological polar surface area (TPSA) is 29.3 Å². The Morgan fingerprint density at radius 2 is 1.68 bits per heavy atom. The van der Waals surface area contributed by atoms with Crippen molar-refractivity contribution in [3.05, 3.63) is 89.8 Å². The number of aryl methyl sites for hydroxylation is 3. The standard InChI is InChI=1S/C24H29N.C2H5N/c1-6-8-9-21-12-13-22-18(4)16-25(19(5)23(22)14-21)24-15-20(7-2)11-10-17(24)3;1-2-3/h10-16H,5-9H2,1-4H3;2H,1,3H2. The fraction of sp³-hybridized carbons (Fsp3) is 0.308. The second kappa shape index (κ2) is 9.98. The Kier molecular flexibility index (Phi) is 7.69. The first-order valence-corrected chi connectivity index (χ1v) is 10.2. The molecule has 28 heavy (non-hydrogen) atoms. The number of nitrogens with zero attached hydrogens (tertiary/aromatic N) is 1. The van der Waals surface area contributed by atoms with Gasteiger partial charge in [0.05, 0.1) is 0 Å². The highest BCUT2D eigenvalue weighted by Crippen LogP contribution is 2.38. The van der Waals surface area contributed by atoms with E-state index in [0.717, 1.165) is 18.5 Å². The number of nitrogens with two attached hydrogens (primary N) is 1. The van der Waals surface area contributed by atoms with E-state index in [9.17, 15) is 0 Å². The fourth-order valence-electron chi connectivity index (χ4n) is 3.53. The molecule has 148 valence electrons. The third kappa shape index (κ3) is 4.75. The van der Waals surface area contributed by atoms with Gasteiger partial charge in [-0.1, -0.05) is 57.7 Å². The maximum atomic E-state index is 4.61. The average molecular weight is 375 g/mol. The monoisotopic (exact) mass is 374 g/mol. The van der Waals surface area contributed by atoms with Crippen molar-refractivity contribution < 1.29 is 0 Å². The van der Waals surface area contributed by atoms with Crippen molar-refractivity contribution in [3.8, 4) is 0 Å². The van der Waals surface area contributed by atoms with E-state index in [1.165, 1.54) is 58.1 Å². The van der Waals surface area contributed by atoms with Gasteiger partial charge in [0, 0.05) is 23.1 Å². The van der Waals surface area contributed by atoms with Gasteiger partial charge in [-0.3, -0.25) is 0 Å². The number of hydrogen-bond donors (Lipinski definition) is 1. The van der Waals surface area contributed by atoms with E-state index >= 15 is 0 Å². The van der Waals surface area contributed by atoms with Gasteiger partial charge in [0.2, 0.25) is 0 Å². The summed E-state index contributed by atoms with van der Waals surface area (Å²) < 4.78 is 0. The molecule has 2 aromatic carbocycles. The van der Waals surface area contributed by atoms with Gasteiger partial charge in [0.25, 0.3) is 0 Å². The Labute approximate surface area is 171 Å². The first kappa shape index (κ1) is 21.6. The minimum Gasteiger partial charge on any atom is -0.405 e. The van der Waals surface area contributed by atoms with Crippen LogP contribution in [0.2, 0.25) is 0 Å². The van der Waals surface area contributed by atoms with Crippen LogP contribution < -0.4 is 10.6 Å². The van der Waals surface area contributed by atoms with Gasteiger partial charge < -0.3 is 10.6 Å². The molecular weight excluding hydrogens is 340 g/mol. The second-order valence-corrected chi connectivity index (χ2v) is 7.32. The normalized spacial score (nSPS) is 12.6. The molecule has 0 atom stereocenters. The van der Waals surface area contributed by atoms with Crippen LogP contribution in [0, 0.1) is 6.92 Å². The van der Waals surface area contributed by atoms with Crippen molar-refractivity contribution in [2.75, 3.05) is 4.90 Å². The first-order chi connectivity index (χ1) is 13.5. The number of fused-ring (bicyclic) bond motifs is 1. The average Bonchev–Trinajstić information content (AvgIpc) is 2.70. The minimum atomic E-state index is 1.05. The number of allylic oxidation sites excluding steroid dienone is 1. The predicted molar refractivity (Wildman–Crippen MR) is 125 cm³/mol. The van der Waals surface area contributed by atoms with Crippen LogP contribution in [-0.2, 0) is 12.8 Å². The lowest BCUT2D eigenvalue weighted by atomic mass is 9.91. The summed E-state index contributed by atoms with van der Waals surface area (Å²) in [6.45, 7) is 16.4. The molecule has 2 heteroatoms. The molecule has 2 N–H and O–H groups in total. The Balaban J connectivity index is 0.000000878. The Hall–Kier alpha value is -2.74. The quantitative estimate of drug-likeness (QED) is 0.621. The molecule has 1 aliphatic rings. The predicted octanol–water partition coefficient (Wildman–Crippen LogP) is 6.84. The van der Waals surface area contributed by atoms with E-state index in [-0.39, 0.29) is 0 Å². The van der Waals surface area contributed by atoms with Crippen molar-refractivity contribution in [3.63, 3.8) is 0 Å². The van der Waals surface area contributed by atoms with Crippen molar-refractivity contribution >= 4 is 17.0 Å². The Bertz CT molecular complexity index is 874. The molecule has 2 nitrogen and oxygen atoms in total. The maximum Gasteiger partial charge on any atom is 0.0487 e. The van der Waals surface area contributed by atoms with Crippen LogP contribution in [0.15, 0.2) is 62.0 Å². The molecule has 0 amide bonds. The van der Waals surface area contributed by atoms with Crippen LogP contribution in [0.25, 0.3) is 11.3 Å². The molecular formula is C26H34N2. The number of anilines is 1. The van der Waals surface area contributed by atoms with Crippen LogP contribution >= 0.6 is 0 Å². The number of benzene rings is 2. The van der Waals surface area contributed by atoms with Gasteiger partial charge in [-0.25, -0.2) is 0 Å². The summed E-state index contributed by atoms with van der Waals surface area (Å²) in [4.78, 5) is 2.27. The summed E-state index contributed by atoms with van der Waals surface area (Å²) in [5.41, 5.74) is 14.9. The highest BCUT2D eigenvalue weighted by molar-refractivity contribution is 5.93. The minimum absolute atomic E-state index is 1.05. The van der Waals surface area contributed by atoms with E-state index in [0.29, 0.717) is 0 Å². The molecule has 1 aliphatic heterocycles. The zero-order valence-corrected chi connectivity index (χ0v) is 17.9. The van der Waals surface area contributed by atoms with Crippen LogP contribution in [-0.4, -0.2) is 0 Å². The first-order valence-electron chi connectivity index (χ1n) is 10.2. The molecule has 0 fully saturated rings. The molecule has 0 spiro atoms. The fourth-order valence-corrected chi connectivity index (χ4v) is 3.53. The molecule has 0 aliphatic carbocycles. The summed E-state index contributed by atoms with van der Waals surface area (Å²) >= 11 is 0. The summed E-state index contributed by atoms with van der Waals surface area (Å²) in [6, 6.07) is 13.6. The SMILES string of the molecule is C=C1c2cc(CCCC)ccc2C(C)=CN1c1cc(CC)ccc1C.C=CN. The summed E-state index contributed by atoms with van der Waals surface area (Å²) in [7, 11) is 0. The van der Waals surface area contributed by atoms with Crippen molar-refractivity contribution in [1.29, 1.82) is 0 Å². The van der Waals surface area contributed by atoms with Crippen LogP contribution in [0.4, 0.5) is 5.69 Å². The lowest BCUT2D eigenvalue weighted by Crippen LogP contribution is -2.20. The summed E-state index contributed by atoms with van der Waals surface area (Å²) in [5, 5.41) is 0. The number of unbranched alkanes of at least 4 members (excludes halogenated alkanes) is 1.